The number of carbonyl (C=O) groups excluding carboxylic acids is 6. The lowest BCUT2D eigenvalue weighted by Crippen LogP contribution is -2.53. The van der Waals surface area contributed by atoms with Crippen molar-refractivity contribution in [3.63, 3.8) is 0 Å². The Morgan fingerprint density at radius 1 is 0.618 bits per heavy atom. The first-order chi connectivity index (χ1) is 31.6. The number of nitrogens with one attached hydrogen (secondary N) is 3. The van der Waals surface area contributed by atoms with Crippen LogP contribution in [-0.4, -0.2) is 155 Å². The lowest BCUT2D eigenvalue weighted by Gasteiger charge is -2.37. The van der Waals surface area contributed by atoms with Crippen LogP contribution in [-0.2, 0) is 28.6 Å². The average Bonchev–Trinajstić information content (AvgIpc) is 3.24. The molecule has 18 nitrogen and oxygen atoms in total. The van der Waals surface area contributed by atoms with E-state index in [9.17, 15) is 28.8 Å². The summed E-state index contributed by atoms with van der Waals surface area (Å²) in [5.74, 6) is 0.232. The van der Waals surface area contributed by atoms with Crippen LogP contribution in [0.4, 0.5) is 14.4 Å². The number of nitrogens with zero attached hydrogens (tertiary/aromatic N) is 3. The van der Waals surface area contributed by atoms with Crippen molar-refractivity contribution in [3.05, 3.63) is 0 Å². The quantitative estimate of drug-likeness (QED) is 0.0877. The fourth-order valence-corrected chi connectivity index (χ4v) is 10.2. The van der Waals surface area contributed by atoms with E-state index in [-0.39, 0.29) is 83.4 Å². The van der Waals surface area contributed by atoms with Crippen molar-refractivity contribution >= 4 is 44.1 Å². The molecule has 0 radical (unpaired) electrons. The zero-order valence-corrected chi connectivity index (χ0v) is 45.4. The number of hydrogen-bond donors (Lipinski definition) is 6. The zero-order chi connectivity index (χ0) is 51.6. The molecule has 0 spiro atoms. The Morgan fingerprint density at radius 3 is 1.35 bits per heavy atom. The summed E-state index contributed by atoms with van der Waals surface area (Å²) in [6, 6.07) is -0.0148. The molecule has 0 aromatic carbocycles. The van der Waals surface area contributed by atoms with Crippen molar-refractivity contribution in [2.75, 3.05) is 48.9 Å². The molecule has 4 saturated carbocycles. The second-order valence-electron chi connectivity index (χ2n) is 22.6. The number of carbonyl (C=O) groups is 6. The van der Waals surface area contributed by atoms with E-state index in [4.69, 9.17) is 31.4 Å². The van der Waals surface area contributed by atoms with Crippen LogP contribution in [0.1, 0.15) is 137 Å². The van der Waals surface area contributed by atoms with Crippen LogP contribution in [0, 0.1) is 17.8 Å². The zero-order valence-electron chi connectivity index (χ0n) is 44.4. The lowest BCUT2D eigenvalue weighted by molar-refractivity contribution is -0.135. The Bertz CT molecular complexity index is 1600. The molecule has 9 N–H and O–H groups in total. The summed E-state index contributed by atoms with van der Waals surface area (Å²) in [6.07, 6.45) is 13.3. The minimum absolute atomic E-state index is 0.0361. The first-order valence-corrected chi connectivity index (χ1v) is 29.1. The molecule has 0 aliphatic heterocycles. The first kappa shape index (κ1) is 60.4. The predicted molar refractivity (Wildman–Crippen MR) is 270 cm³/mol. The minimum atomic E-state index is -1.19. The maximum Gasteiger partial charge on any atom is 0.407 e. The van der Waals surface area contributed by atoms with Gasteiger partial charge in [-0.15, -0.1) is 0 Å². The molecule has 19 heteroatoms. The number of amides is 6. The van der Waals surface area contributed by atoms with Crippen molar-refractivity contribution in [2.24, 2.45) is 35.0 Å². The van der Waals surface area contributed by atoms with E-state index in [0.717, 1.165) is 76.7 Å². The minimum Gasteiger partial charge on any atom is -0.450 e. The van der Waals surface area contributed by atoms with Gasteiger partial charge in [-0.3, -0.25) is 14.4 Å². The van der Waals surface area contributed by atoms with E-state index in [1.54, 1.807) is 57.0 Å². The van der Waals surface area contributed by atoms with Gasteiger partial charge in [-0.1, -0.05) is 39.4 Å². The topological polar surface area (TPSA) is 254 Å². The Kier molecular flexibility index (Phi) is 25.1. The van der Waals surface area contributed by atoms with E-state index in [2.05, 4.69) is 42.5 Å². The van der Waals surface area contributed by atoms with Gasteiger partial charge in [-0.05, 0) is 123 Å². The Balaban J connectivity index is 0.000000350. The van der Waals surface area contributed by atoms with Gasteiger partial charge in [0.15, 0.2) is 0 Å². The molecule has 394 valence electrons. The van der Waals surface area contributed by atoms with Gasteiger partial charge < -0.3 is 62.1 Å². The van der Waals surface area contributed by atoms with Crippen LogP contribution in [0.5, 0.6) is 0 Å². The fraction of sp³-hybridized carbons (Fsp3) is 0.878. The molecule has 4 rings (SSSR count). The highest BCUT2D eigenvalue weighted by Crippen LogP contribution is 2.32. The molecule has 0 bridgehead atoms. The summed E-state index contributed by atoms with van der Waals surface area (Å²) in [6.45, 7) is 15.2. The molecule has 4 aliphatic carbocycles. The van der Waals surface area contributed by atoms with Crippen LogP contribution in [0.2, 0.25) is 25.7 Å². The highest BCUT2D eigenvalue weighted by atomic mass is 28.3. The lowest BCUT2D eigenvalue weighted by atomic mass is 9.82. The summed E-state index contributed by atoms with van der Waals surface area (Å²) in [4.78, 5) is 77.0. The van der Waals surface area contributed by atoms with Crippen molar-refractivity contribution in [2.45, 2.75) is 210 Å². The standard InChI is InChI=1S/C17H31N3O3.C17H33N3O3.C15H31N3O3Si/c1-17(9-5-4-6-10-17)23-16(22)19-14-8-7-12(11-13(14)18)15(21)20(2)3;1-6-7-10-17(2,3)23-16(22)19-14-9-8-12(11-13(14)18)15(21)20(4)5;1-18(2)14(19)11-6-7-13(12(16)10-11)17-15(20)21-8-9-22(3,4)5/h12-14H,4-11,18H2,1-3H3,(H,19,22);12-14H,6-11,18H2,1-5H3,(H,19,22);11-13H,6-10,16H2,1-5H3,(H,17,20)/t2*12-,13+,14-;11-,12+,13-/m000/s1. The van der Waals surface area contributed by atoms with Gasteiger partial charge >= 0.3 is 18.3 Å². The summed E-state index contributed by atoms with van der Waals surface area (Å²) < 4.78 is 16.4. The fourth-order valence-electron chi connectivity index (χ4n) is 9.46. The first-order valence-electron chi connectivity index (χ1n) is 25.4. The molecule has 0 aromatic rings. The monoisotopic (exact) mass is 982 g/mol. The molecule has 0 aromatic heterocycles. The molecule has 4 fully saturated rings. The molecule has 6 amide bonds. The smallest absolute Gasteiger partial charge is 0.407 e. The maximum absolute atomic E-state index is 12.2. The van der Waals surface area contributed by atoms with Crippen molar-refractivity contribution in [1.82, 2.24) is 30.7 Å². The Morgan fingerprint density at radius 2 is 1.00 bits per heavy atom. The molecule has 68 heavy (non-hydrogen) atoms. The molecule has 9 atom stereocenters. The Labute approximate surface area is 410 Å². The summed E-state index contributed by atoms with van der Waals surface area (Å²) in [7, 11) is 9.37. The number of unbranched alkanes of at least 4 members (excludes halogenated alkanes) is 1. The van der Waals surface area contributed by atoms with Crippen LogP contribution in [0.15, 0.2) is 0 Å². The summed E-state index contributed by atoms with van der Waals surface area (Å²) in [5.41, 5.74) is 17.6. The predicted octanol–water partition coefficient (Wildman–Crippen LogP) is 5.92. The van der Waals surface area contributed by atoms with Crippen LogP contribution < -0.4 is 33.2 Å². The molecule has 0 unspecified atom stereocenters. The third kappa shape index (κ3) is 21.9. The van der Waals surface area contributed by atoms with Gasteiger partial charge in [0.2, 0.25) is 17.7 Å². The molecule has 0 heterocycles. The third-order valence-corrected chi connectivity index (χ3v) is 15.5. The van der Waals surface area contributed by atoms with E-state index < -0.39 is 25.9 Å². The van der Waals surface area contributed by atoms with Crippen LogP contribution in [0.3, 0.4) is 0 Å². The third-order valence-electron chi connectivity index (χ3n) is 13.8. The number of ether oxygens (including phenoxy) is 3. The number of rotatable bonds is 14. The van der Waals surface area contributed by atoms with Gasteiger partial charge in [-0.2, -0.15) is 0 Å². The second kappa shape index (κ2) is 28.2. The average molecular weight is 982 g/mol. The van der Waals surface area contributed by atoms with Crippen LogP contribution in [0.25, 0.3) is 0 Å². The molecule has 4 aliphatic rings. The van der Waals surface area contributed by atoms with Crippen molar-refractivity contribution < 1.29 is 43.0 Å². The number of hydrogen-bond acceptors (Lipinski definition) is 12. The SMILES string of the molecule is CCCCC(C)(C)OC(=O)N[C@H]1CC[C@H](C(=O)N(C)C)C[C@H]1N.CN(C)C(=O)[C@H]1CC[C@H](NC(=O)OC2(C)CCCCC2)[C@H](N)C1.CN(C)C(=O)[C@H]1CC[C@H](NC(=O)OCC[Si](C)(C)C)[C@H](N)C1. The second-order valence-corrected chi connectivity index (χ2v) is 28.2. The van der Waals surface area contributed by atoms with Gasteiger partial charge in [0.1, 0.15) is 11.2 Å². The normalized spacial score (nSPS) is 26.9. The number of nitrogens with two attached hydrogens (primary N) is 3. The number of alkyl carbamates (subject to hydrolysis) is 3. The molecular weight excluding hydrogens is 887 g/mol. The Hall–Kier alpha value is -3.68. The summed E-state index contributed by atoms with van der Waals surface area (Å²) in [5, 5.41) is 8.65. The van der Waals surface area contributed by atoms with E-state index >= 15 is 0 Å². The largest absolute Gasteiger partial charge is 0.450 e. The van der Waals surface area contributed by atoms with E-state index in [1.165, 1.54) is 6.42 Å². The van der Waals surface area contributed by atoms with Crippen LogP contribution >= 0.6 is 0 Å². The highest BCUT2D eigenvalue weighted by molar-refractivity contribution is 6.76. The van der Waals surface area contributed by atoms with E-state index in [1.807, 2.05) is 20.8 Å². The van der Waals surface area contributed by atoms with Gasteiger partial charge in [0.25, 0.3) is 0 Å². The van der Waals surface area contributed by atoms with E-state index in [0.29, 0.717) is 38.7 Å². The van der Waals surface area contributed by atoms with Crippen molar-refractivity contribution in [3.8, 4) is 0 Å². The summed E-state index contributed by atoms with van der Waals surface area (Å²) >= 11 is 0. The van der Waals surface area contributed by atoms with Gasteiger partial charge in [0.05, 0.1) is 6.61 Å². The molecule has 0 saturated heterocycles. The van der Waals surface area contributed by atoms with Crippen molar-refractivity contribution in [1.29, 1.82) is 0 Å². The van der Waals surface area contributed by atoms with Gasteiger partial charge in [0, 0.05) is 104 Å². The highest BCUT2D eigenvalue weighted by Gasteiger charge is 2.38. The maximum atomic E-state index is 12.2. The van der Waals surface area contributed by atoms with Gasteiger partial charge in [-0.25, -0.2) is 14.4 Å². The molecular formula is C49H95N9O9Si.